The van der Waals surface area contributed by atoms with Gasteiger partial charge >= 0.3 is 6.09 Å². The summed E-state index contributed by atoms with van der Waals surface area (Å²) in [5, 5.41) is 0. The molecule has 0 spiro atoms. The van der Waals surface area contributed by atoms with Gasteiger partial charge in [0, 0.05) is 26.2 Å². The summed E-state index contributed by atoms with van der Waals surface area (Å²) in [5.41, 5.74) is 1.18. The number of hydrogen-bond acceptors (Lipinski definition) is 5. The SMILES string of the molecule is CC(C)(C)OC(=O)N1CCN(C(=O)Cn2c(COc3ccccc3)nc3ccccc32)CC1. The number of hydrogen-bond donors (Lipinski definition) is 0. The fourth-order valence-corrected chi connectivity index (χ4v) is 3.78. The Bertz CT molecular complexity index is 1110. The molecular weight excluding hydrogens is 420 g/mol. The van der Waals surface area contributed by atoms with Crippen LogP contribution in [0.3, 0.4) is 0 Å². The molecule has 33 heavy (non-hydrogen) atoms. The number of carbonyl (C=O) groups is 2. The molecule has 1 aliphatic rings. The van der Waals surface area contributed by atoms with Gasteiger partial charge in [-0.1, -0.05) is 30.3 Å². The summed E-state index contributed by atoms with van der Waals surface area (Å²) < 4.78 is 13.3. The number of para-hydroxylation sites is 3. The summed E-state index contributed by atoms with van der Waals surface area (Å²) in [7, 11) is 0. The van der Waals surface area contributed by atoms with Crippen LogP contribution in [0.25, 0.3) is 11.0 Å². The van der Waals surface area contributed by atoms with E-state index in [0.717, 1.165) is 16.8 Å². The Morgan fingerprint density at radius 1 is 0.909 bits per heavy atom. The van der Waals surface area contributed by atoms with Crippen molar-refractivity contribution < 1.29 is 19.1 Å². The van der Waals surface area contributed by atoms with Gasteiger partial charge in [-0.3, -0.25) is 4.79 Å². The number of carbonyl (C=O) groups excluding carboxylic acids is 2. The second-order valence-electron chi connectivity index (χ2n) is 9.05. The number of fused-ring (bicyclic) bond motifs is 1. The number of amides is 2. The van der Waals surface area contributed by atoms with Crippen molar-refractivity contribution in [2.45, 2.75) is 39.5 Å². The maximum atomic E-state index is 13.1. The van der Waals surface area contributed by atoms with E-state index in [1.807, 2.05) is 79.9 Å². The highest BCUT2D eigenvalue weighted by Gasteiger charge is 2.28. The maximum absolute atomic E-state index is 13.1. The van der Waals surface area contributed by atoms with Crippen molar-refractivity contribution in [3.63, 3.8) is 0 Å². The van der Waals surface area contributed by atoms with E-state index in [-0.39, 0.29) is 25.2 Å². The molecule has 8 heteroatoms. The lowest BCUT2D eigenvalue weighted by atomic mass is 10.2. The van der Waals surface area contributed by atoms with E-state index in [1.165, 1.54) is 0 Å². The van der Waals surface area contributed by atoms with Gasteiger partial charge in [0.05, 0.1) is 11.0 Å². The number of rotatable bonds is 5. The van der Waals surface area contributed by atoms with Crippen LogP contribution < -0.4 is 4.74 Å². The normalized spacial score (nSPS) is 14.4. The van der Waals surface area contributed by atoms with E-state index in [1.54, 1.807) is 9.80 Å². The Labute approximate surface area is 193 Å². The molecule has 1 aliphatic heterocycles. The monoisotopic (exact) mass is 450 g/mol. The lowest BCUT2D eigenvalue weighted by molar-refractivity contribution is -0.133. The molecule has 4 rings (SSSR count). The van der Waals surface area contributed by atoms with E-state index in [4.69, 9.17) is 14.5 Å². The summed E-state index contributed by atoms with van der Waals surface area (Å²) >= 11 is 0. The molecule has 3 aromatic rings. The van der Waals surface area contributed by atoms with E-state index < -0.39 is 5.60 Å². The number of nitrogens with zero attached hydrogens (tertiary/aromatic N) is 4. The lowest BCUT2D eigenvalue weighted by Crippen LogP contribution is -2.52. The van der Waals surface area contributed by atoms with Crippen molar-refractivity contribution in [1.29, 1.82) is 0 Å². The molecule has 0 saturated carbocycles. The molecule has 174 valence electrons. The van der Waals surface area contributed by atoms with Crippen LogP contribution in [-0.2, 0) is 22.7 Å². The van der Waals surface area contributed by atoms with Crippen molar-refractivity contribution in [3.8, 4) is 5.75 Å². The molecule has 2 amide bonds. The molecule has 0 atom stereocenters. The minimum absolute atomic E-state index is 0.0112. The Balaban J connectivity index is 1.43. The summed E-state index contributed by atoms with van der Waals surface area (Å²) in [6.07, 6.45) is -0.337. The largest absolute Gasteiger partial charge is 0.486 e. The van der Waals surface area contributed by atoms with E-state index in [9.17, 15) is 9.59 Å². The zero-order valence-electron chi connectivity index (χ0n) is 19.4. The lowest BCUT2D eigenvalue weighted by Gasteiger charge is -2.35. The fraction of sp³-hybridized carbons (Fsp3) is 0.400. The molecule has 0 radical (unpaired) electrons. The molecule has 2 aromatic carbocycles. The molecule has 0 unspecified atom stereocenters. The third kappa shape index (κ3) is 5.63. The quantitative estimate of drug-likeness (QED) is 0.593. The minimum atomic E-state index is -0.537. The molecule has 1 saturated heterocycles. The van der Waals surface area contributed by atoms with Crippen molar-refractivity contribution in [3.05, 3.63) is 60.4 Å². The molecule has 8 nitrogen and oxygen atoms in total. The average Bonchev–Trinajstić information content (AvgIpc) is 3.14. The molecule has 0 aliphatic carbocycles. The third-order valence-electron chi connectivity index (χ3n) is 5.42. The van der Waals surface area contributed by atoms with Crippen molar-refractivity contribution >= 4 is 23.0 Å². The molecule has 0 bridgehead atoms. The Morgan fingerprint density at radius 2 is 1.55 bits per heavy atom. The average molecular weight is 451 g/mol. The van der Waals surface area contributed by atoms with Crippen molar-refractivity contribution in [2.24, 2.45) is 0 Å². The van der Waals surface area contributed by atoms with Crippen molar-refractivity contribution in [2.75, 3.05) is 26.2 Å². The highest BCUT2D eigenvalue weighted by Crippen LogP contribution is 2.19. The molecule has 2 heterocycles. The topological polar surface area (TPSA) is 76.9 Å². The van der Waals surface area contributed by atoms with Crippen LogP contribution in [-0.4, -0.2) is 63.1 Å². The van der Waals surface area contributed by atoms with Crippen LogP contribution in [0.5, 0.6) is 5.75 Å². The minimum Gasteiger partial charge on any atom is -0.486 e. The van der Waals surface area contributed by atoms with Gasteiger partial charge in [0.1, 0.15) is 30.3 Å². The standard InChI is InChI=1S/C25H30N4O4/c1-25(2,3)33-24(31)28-15-13-27(14-16-28)23(30)17-29-21-12-8-7-11-20(21)26-22(29)18-32-19-9-5-4-6-10-19/h4-12H,13-18H2,1-3H3. The van der Waals surface area contributed by atoms with Crippen LogP contribution in [0.15, 0.2) is 54.6 Å². The Morgan fingerprint density at radius 3 is 2.24 bits per heavy atom. The number of ether oxygens (including phenoxy) is 2. The first kappa shape index (κ1) is 22.6. The molecule has 0 N–H and O–H groups in total. The predicted molar refractivity (Wildman–Crippen MR) is 125 cm³/mol. The highest BCUT2D eigenvalue weighted by molar-refractivity contribution is 5.81. The maximum Gasteiger partial charge on any atom is 0.410 e. The second-order valence-corrected chi connectivity index (χ2v) is 9.05. The van der Waals surface area contributed by atoms with Gasteiger partial charge < -0.3 is 23.8 Å². The number of imidazole rings is 1. The first-order valence-electron chi connectivity index (χ1n) is 11.2. The number of piperazine rings is 1. The van der Waals surface area contributed by atoms with Gasteiger partial charge in [-0.05, 0) is 45.0 Å². The van der Waals surface area contributed by atoms with E-state index in [0.29, 0.717) is 32.0 Å². The van der Waals surface area contributed by atoms with Crippen LogP contribution >= 0.6 is 0 Å². The van der Waals surface area contributed by atoms with Gasteiger partial charge in [0.25, 0.3) is 0 Å². The van der Waals surface area contributed by atoms with Gasteiger partial charge in [-0.2, -0.15) is 0 Å². The predicted octanol–water partition coefficient (Wildman–Crippen LogP) is 3.69. The third-order valence-corrected chi connectivity index (χ3v) is 5.42. The number of benzene rings is 2. The van der Waals surface area contributed by atoms with Crippen LogP contribution in [0.4, 0.5) is 4.79 Å². The summed E-state index contributed by atoms with van der Waals surface area (Å²) in [6.45, 7) is 7.82. The summed E-state index contributed by atoms with van der Waals surface area (Å²) in [5.74, 6) is 1.43. The molecular formula is C25H30N4O4. The first-order valence-corrected chi connectivity index (χ1v) is 11.2. The highest BCUT2D eigenvalue weighted by atomic mass is 16.6. The smallest absolute Gasteiger partial charge is 0.410 e. The van der Waals surface area contributed by atoms with Gasteiger partial charge in [0.15, 0.2) is 0 Å². The van der Waals surface area contributed by atoms with Gasteiger partial charge in [0.2, 0.25) is 5.91 Å². The second kappa shape index (κ2) is 9.52. The Hall–Kier alpha value is -3.55. The first-order chi connectivity index (χ1) is 15.8. The van der Waals surface area contributed by atoms with Crippen LogP contribution in [0.2, 0.25) is 0 Å². The number of aromatic nitrogens is 2. The van der Waals surface area contributed by atoms with Crippen LogP contribution in [0.1, 0.15) is 26.6 Å². The van der Waals surface area contributed by atoms with E-state index in [2.05, 4.69) is 0 Å². The summed E-state index contributed by atoms with van der Waals surface area (Å²) in [6, 6.07) is 17.3. The zero-order chi connectivity index (χ0) is 23.4. The van der Waals surface area contributed by atoms with Crippen LogP contribution in [0, 0.1) is 0 Å². The fourth-order valence-electron chi connectivity index (χ4n) is 3.78. The Kier molecular flexibility index (Phi) is 6.53. The molecule has 1 aromatic heterocycles. The van der Waals surface area contributed by atoms with E-state index >= 15 is 0 Å². The summed E-state index contributed by atoms with van der Waals surface area (Å²) in [4.78, 5) is 33.6. The van der Waals surface area contributed by atoms with Crippen molar-refractivity contribution in [1.82, 2.24) is 19.4 Å². The van der Waals surface area contributed by atoms with Gasteiger partial charge in [-0.25, -0.2) is 9.78 Å². The molecule has 1 fully saturated rings. The zero-order valence-corrected chi connectivity index (χ0v) is 19.4. The van der Waals surface area contributed by atoms with Gasteiger partial charge in [-0.15, -0.1) is 0 Å².